The number of rotatable bonds is 8. The van der Waals surface area contributed by atoms with Crippen molar-refractivity contribution < 1.29 is 13.2 Å². The van der Waals surface area contributed by atoms with Gasteiger partial charge in [-0.15, -0.1) is 0 Å². The van der Waals surface area contributed by atoms with Gasteiger partial charge >= 0.3 is 0 Å². The summed E-state index contributed by atoms with van der Waals surface area (Å²) >= 11 is 6.23. The molecule has 1 atom stereocenters. The maximum Gasteiger partial charge on any atom is 0.264 e. The van der Waals surface area contributed by atoms with Gasteiger partial charge in [0, 0.05) is 5.02 Å². The number of benzene rings is 4. The van der Waals surface area contributed by atoms with E-state index in [1.807, 2.05) is 61.5 Å². The Kier molecular flexibility index (Phi) is 7.77. The SMILES string of the molecule is Cc1ccc(C(NC(=O)CN(c2cc(Cl)ccc2C)S(=O)(=O)c2ccccc2)c2ccccc2)cc1. The van der Waals surface area contributed by atoms with Crippen LogP contribution < -0.4 is 9.62 Å². The first kappa shape index (κ1) is 25.5. The summed E-state index contributed by atoms with van der Waals surface area (Å²) in [7, 11) is -4.05. The molecule has 1 N–H and O–H groups in total. The average molecular weight is 519 g/mol. The molecule has 1 amide bonds. The third-order valence-corrected chi connectivity index (χ3v) is 7.92. The van der Waals surface area contributed by atoms with E-state index >= 15 is 0 Å². The van der Waals surface area contributed by atoms with E-state index in [-0.39, 0.29) is 4.90 Å². The second-order valence-corrected chi connectivity index (χ2v) is 10.9. The zero-order valence-corrected chi connectivity index (χ0v) is 21.6. The van der Waals surface area contributed by atoms with Crippen LogP contribution >= 0.6 is 11.6 Å². The van der Waals surface area contributed by atoms with Gasteiger partial charge in [0.2, 0.25) is 5.91 Å². The summed E-state index contributed by atoms with van der Waals surface area (Å²) in [6, 6.07) is 30.1. The van der Waals surface area contributed by atoms with E-state index in [0.717, 1.165) is 21.0 Å². The maximum absolute atomic E-state index is 13.7. The molecule has 0 bridgehead atoms. The van der Waals surface area contributed by atoms with Crippen molar-refractivity contribution in [3.8, 4) is 0 Å². The van der Waals surface area contributed by atoms with Crippen molar-refractivity contribution >= 4 is 33.2 Å². The van der Waals surface area contributed by atoms with Crippen LogP contribution in [0, 0.1) is 13.8 Å². The highest BCUT2D eigenvalue weighted by atomic mass is 35.5. The number of halogens is 1. The fraction of sp³-hybridized carbons (Fsp3) is 0.138. The smallest absolute Gasteiger partial charge is 0.264 e. The van der Waals surface area contributed by atoms with Crippen LogP contribution in [-0.2, 0) is 14.8 Å². The highest BCUT2D eigenvalue weighted by Crippen LogP contribution is 2.30. The van der Waals surface area contributed by atoms with Gasteiger partial charge in [0.1, 0.15) is 6.54 Å². The van der Waals surface area contributed by atoms with Crippen LogP contribution in [0.15, 0.2) is 108 Å². The fourth-order valence-electron chi connectivity index (χ4n) is 3.97. The molecule has 0 aliphatic heterocycles. The molecule has 184 valence electrons. The second kappa shape index (κ2) is 11.0. The van der Waals surface area contributed by atoms with Crippen LogP contribution in [0.2, 0.25) is 5.02 Å². The van der Waals surface area contributed by atoms with Gasteiger partial charge in [0.25, 0.3) is 10.0 Å². The molecule has 4 aromatic carbocycles. The second-order valence-electron chi connectivity index (χ2n) is 8.58. The Hall–Kier alpha value is -3.61. The van der Waals surface area contributed by atoms with Crippen LogP contribution in [0.4, 0.5) is 5.69 Å². The molecule has 7 heteroatoms. The number of hydrogen-bond acceptors (Lipinski definition) is 3. The normalized spacial score (nSPS) is 12.1. The number of anilines is 1. The summed E-state index contributed by atoms with van der Waals surface area (Å²) in [4.78, 5) is 13.6. The number of carbonyl (C=O) groups is 1. The number of carbonyl (C=O) groups excluding carboxylic acids is 1. The Labute approximate surface area is 217 Å². The van der Waals surface area contributed by atoms with Crippen molar-refractivity contribution in [3.05, 3.63) is 130 Å². The minimum absolute atomic E-state index is 0.0929. The predicted molar refractivity (Wildman–Crippen MR) is 145 cm³/mol. The third-order valence-electron chi connectivity index (χ3n) is 5.91. The number of nitrogens with zero attached hydrogens (tertiary/aromatic N) is 1. The number of hydrogen-bond donors (Lipinski definition) is 1. The third kappa shape index (κ3) is 5.78. The molecule has 0 saturated heterocycles. The molecule has 1 unspecified atom stereocenters. The molecule has 4 aromatic rings. The lowest BCUT2D eigenvalue weighted by atomic mass is 9.98. The summed E-state index contributed by atoms with van der Waals surface area (Å²) in [6.45, 7) is 3.38. The molecular formula is C29H27ClN2O3S. The first-order valence-corrected chi connectivity index (χ1v) is 13.3. The Bertz CT molecular complexity index is 1440. The van der Waals surface area contributed by atoms with E-state index in [4.69, 9.17) is 11.6 Å². The van der Waals surface area contributed by atoms with Crippen molar-refractivity contribution in [2.24, 2.45) is 0 Å². The predicted octanol–water partition coefficient (Wildman–Crippen LogP) is 6.06. The van der Waals surface area contributed by atoms with Crippen molar-refractivity contribution in [1.82, 2.24) is 5.32 Å². The molecule has 0 spiro atoms. The van der Waals surface area contributed by atoms with Gasteiger partial charge < -0.3 is 5.32 Å². The van der Waals surface area contributed by atoms with Crippen LogP contribution in [0.3, 0.4) is 0 Å². The first-order valence-electron chi connectivity index (χ1n) is 11.5. The maximum atomic E-state index is 13.7. The van der Waals surface area contributed by atoms with E-state index < -0.39 is 28.5 Å². The topological polar surface area (TPSA) is 66.5 Å². The lowest BCUT2D eigenvalue weighted by Gasteiger charge is -2.27. The fourth-order valence-corrected chi connectivity index (χ4v) is 5.64. The molecule has 0 fully saturated rings. The zero-order chi connectivity index (χ0) is 25.7. The Morgan fingerprint density at radius 2 is 1.42 bits per heavy atom. The van der Waals surface area contributed by atoms with E-state index in [1.54, 1.807) is 43.3 Å². The van der Waals surface area contributed by atoms with Gasteiger partial charge in [-0.2, -0.15) is 0 Å². The molecule has 0 saturated carbocycles. The van der Waals surface area contributed by atoms with Crippen molar-refractivity contribution in [2.75, 3.05) is 10.8 Å². The van der Waals surface area contributed by atoms with Crippen molar-refractivity contribution in [2.45, 2.75) is 24.8 Å². The minimum atomic E-state index is -4.05. The number of nitrogens with one attached hydrogen (secondary N) is 1. The molecule has 0 radical (unpaired) electrons. The summed E-state index contributed by atoms with van der Waals surface area (Å²) in [6.07, 6.45) is 0. The number of sulfonamides is 1. The Morgan fingerprint density at radius 3 is 2.06 bits per heavy atom. The number of aryl methyl sites for hydroxylation is 2. The van der Waals surface area contributed by atoms with Gasteiger partial charge in [0.05, 0.1) is 16.6 Å². The van der Waals surface area contributed by atoms with Crippen molar-refractivity contribution in [3.63, 3.8) is 0 Å². The highest BCUT2D eigenvalue weighted by Gasteiger charge is 2.29. The van der Waals surface area contributed by atoms with Crippen LogP contribution in [-0.4, -0.2) is 20.9 Å². The molecule has 0 aromatic heterocycles. The molecule has 0 heterocycles. The van der Waals surface area contributed by atoms with Gasteiger partial charge in [-0.1, -0.05) is 96.0 Å². The first-order chi connectivity index (χ1) is 17.3. The highest BCUT2D eigenvalue weighted by molar-refractivity contribution is 7.92. The Balaban J connectivity index is 1.71. The van der Waals surface area contributed by atoms with Crippen LogP contribution in [0.25, 0.3) is 0 Å². The molecule has 0 aliphatic carbocycles. The summed E-state index contributed by atoms with van der Waals surface area (Å²) < 4.78 is 28.5. The monoisotopic (exact) mass is 518 g/mol. The molecule has 0 aliphatic rings. The van der Waals surface area contributed by atoms with E-state index in [0.29, 0.717) is 16.3 Å². The Morgan fingerprint density at radius 1 is 0.833 bits per heavy atom. The summed E-state index contributed by atoms with van der Waals surface area (Å²) in [5.74, 6) is -0.441. The van der Waals surface area contributed by atoms with Gasteiger partial charge in [0.15, 0.2) is 0 Å². The van der Waals surface area contributed by atoms with E-state index in [9.17, 15) is 13.2 Å². The lowest BCUT2D eigenvalue weighted by molar-refractivity contribution is -0.120. The zero-order valence-electron chi connectivity index (χ0n) is 20.1. The largest absolute Gasteiger partial charge is 0.344 e. The minimum Gasteiger partial charge on any atom is -0.344 e. The molecule has 5 nitrogen and oxygen atoms in total. The van der Waals surface area contributed by atoms with E-state index in [1.165, 1.54) is 12.1 Å². The number of amides is 1. The van der Waals surface area contributed by atoms with Gasteiger partial charge in [-0.3, -0.25) is 9.10 Å². The molecule has 36 heavy (non-hydrogen) atoms. The van der Waals surface area contributed by atoms with Crippen LogP contribution in [0.1, 0.15) is 28.3 Å². The summed E-state index contributed by atoms with van der Waals surface area (Å²) in [5, 5.41) is 3.43. The van der Waals surface area contributed by atoms with Crippen molar-refractivity contribution in [1.29, 1.82) is 0 Å². The van der Waals surface area contributed by atoms with E-state index in [2.05, 4.69) is 5.32 Å². The lowest BCUT2D eigenvalue weighted by Crippen LogP contribution is -2.42. The standard InChI is InChI=1S/C29H27ClN2O3S/c1-21-13-16-24(17-14-21)29(23-9-5-3-6-10-23)31-28(33)20-32(27-19-25(30)18-15-22(27)2)36(34,35)26-11-7-4-8-12-26/h3-19,29H,20H2,1-2H3,(H,31,33). The summed E-state index contributed by atoms with van der Waals surface area (Å²) in [5.41, 5.74) is 3.94. The van der Waals surface area contributed by atoms with Gasteiger partial charge in [-0.05, 0) is 54.8 Å². The molecule has 4 rings (SSSR count). The van der Waals surface area contributed by atoms with Crippen LogP contribution in [0.5, 0.6) is 0 Å². The van der Waals surface area contributed by atoms with Gasteiger partial charge in [-0.25, -0.2) is 8.42 Å². The molecular weight excluding hydrogens is 492 g/mol. The quantitative estimate of drug-likeness (QED) is 0.308. The average Bonchev–Trinajstić information content (AvgIpc) is 2.89.